The van der Waals surface area contributed by atoms with E-state index in [4.69, 9.17) is 16.0 Å². The van der Waals surface area contributed by atoms with Gasteiger partial charge in [-0.1, -0.05) is 30.2 Å². The summed E-state index contributed by atoms with van der Waals surface area (Å²) in [6.45, 7) is 7.29. The standard InChI is InChI=1S/C16H20ClNO/c1-4-18-12(3)10-13-6-8-16(19-13)14-9-11(2)5-7-15(14)17/h5-9,12,18H,4,10H2,1-3H3. The van der Waals surface area contributed by atoms with Gasteiger partial charge in [-0.25, -0.2) is 0 Å². The van der Waals surface area contributed by atoms with Gasteiger partial charge in [0.15, 0.2) is 0 Å². The van der Waals surface area contributed by atoms with Gasteiger partial charge in [-0.2, -0.15) is 0 Å². The normalized spacial score (nSPS) is 12.6. The van der Waals surface area contributed by atoms with Crippen LogP contribution in [-0.2, 0) is 6.42 Å². The molecule has 0 spiro atoms. The second-order valence-corrected chi connectivity index (χ2v) is 5.32. The van der Waals surface area contributed by atoms with Crippen LogP contribution in [-0.4, -0.2) is 12.6 Å². The summed E-state index contributed by atoms with van der Waals surface area (Å²) in [6.07, 6.45) is 0.886. The summed E-state index contributed by atoms with van der Waals surface area (Å²) in [5.74, 6) is 1.83. The summed E-state index contributed by atoms with van der Waals surface area (Å²) in [4.78, 5) is 0. The molecule has 2 rings (SSSR count). The lowest BCUT2D eigenvalue weighted by Crippen LogP contribution is -2.27. The predicted octanol–water partition coefficient (Wildman–Crippen LogP) is 4.45. The molecule has 2 aromatic rings. The summed E-state index contributed by atoms with van der Waals surface area (Å²) < 4.78 is 5.90. The number of halogens is 1. The molecule has 0 saturated heterocycles. The molecule has 0 aliphatic heterocycles. The average Bonchev–Trinajstić information content (AvgIpc) is 2.81. The van der Waals surface area contributed by atoms with Gasteiger partial charge in [-0.3, -0.25) is 0 Å². The van der Waals surface area contributed by atoms with E-state index in [0.29, 0.717) is 6.04 Å². The van der Waals surface area contributed by atoms with Crippen molar-refractivity contribution in [2.45, 2.75) is 33.2 Å². The first-order valence-corrected chi connectivity index (χ1v) is 7.06. The third kappa shape index (κ3) is 3.62. The molecule has 1 unspecified atom stereocenters. The van der Waals surface area contributed by atoms with E-state index in [1.54, 1.807) is 0 Å². The molecule has 1 atom stereocenters. The molecule has 0 aliphatic carbocycles. The molecule has 0 fully saturated rings. The second kappa shape index (κ2) is 6.27. The Kier molecular flexibility index (Phi) is 4.67. The molecular weight excluding hydrogens is 258 g/mol. The topological polar surface area (TPSA) is 25.2 Å². The molecule has 2 nitrogen and oxygen atoms in total. The fourth-order valence-electron chi connectivity index (χ4n) is 2.18. The minimum absolute atomic E-state index is 0.414. The van der Waals surface area contributed by atoms with Crippen LogP contribution in [0.25, 0.3) is 11.3 Å². The van der Waals surface area contributed by atoms with E-state index in [1.165, 1.54) is 5.56 Å². The molecule has 0 bridgehead atoms. The van der Waals surface area contributed by atoms with Crippen LogP contribution in [0.15, 0.2) is 34.7 Å². The number of rotatable bonds is 5. The highest BCUT2D eigenvalue weighted by Crippen LogP contribution is 2.30. The number of furan rings is 1. The number of likely N-dealkylation sites (N-methyl/N-ethyl adjacent to an activating group) is 1. The zero-order chi connectivity index (χ0) is 13.8. The molecule has 0 aliphatic rings. The minimum Gasteiger partial charge on any atom is -0.461 e. The lowest BCUT2D eigenvalue weighted by atomic mass is 10.1. The van der Waals surface area contributed by atoms with Crippen molar-refractivity contribution in [2.24, 2.45) is 0 Å². The number of hydrogen-bond donors (Lipinski definition) is 1. The van der Waals surface area contributed by atoms with E-state index in [0.717, 1.165) is 35.1 Å². The van der Waals surface area contributed by atoms with E-state index in [9.17, 15) is 0 Å². The van der Waals surface area contributed by atoms with Gasteiger partial charge in [-0.05, 0) is 44.7 Å². The van der Waals surface area contributed by atoms with Gasteiger partial charge >= 0.3 is 0 Å². The predicted molar refractivity (Wildman–Crippen MR) is 80.7 cm³/mol. The van der Waals surface area contributed by atoms with Gasteiger partial charge in [0, 0.05) is 18.0 Å². The Labute approximate surface area is 119 Å². The molecule has 1 N–H and O–H groups in total. The fraction of sp³-hybridized carbons (Fsp3) is 0.375. The van der Waals surface area contributed by atoms with Crippen LogP contribution in [0.5, 0.6) is 0 Å². The van der Waals surface area contributed by atoms with Crippen molar-refractivity contribution in [1.29, 1.82) is 0 Å². The third-order valence-corrected chi connectivity index (χ3v) is 3.44. The van der Waals surface area contributed by atoms with Crippen LogP contribution >= 0.6 is 11.6 Å². The zero-order valence-electron chi connectivity index (χ0n) is 11.7. The maximum atomic E-state index is 6.22. The van der Waals surface area contributed by atoms with Crippen molar-refractivity contribution in [1.82, 2.24) is 5.32 Å². The van der Waals surface area contributed by atoms with E-state index in [1.807, 2.05) is 24.3 Å². The van der Waals surface area contributed by atoms with E-state index in [2.05, 4.69) is 32.2 Å². The molecule has 0 radical (unpaired) electrons. The smallest absolute Gasteiger partial charge is 0.135 e. The molecule has 3 heteroatoms. The summed E-state index contributed by atoms with van der Waals surface area (Å²) in [7, 11) is 0. The maximum Gasteiger partial charge on any atom is 0.135 e. The SMILES string of the molecule is CCNC(C)Cc1ccc(-c2cc(C)ccc2Cl)o1. The first-order valence-electron chi connectivity index (χ1n) is 6.68. The van der Waals surface area contributed by atoms with Gasteiger partial charge in [0.1, 0.15) is 11.5 Å². The summed E-state index contributed by atoms with van der Waals surface area (Å²) in [6, 6.07) is 10.4. The largest absolute Gasteiger partial charge is 0.461 e. The van der Waals surface area contributed by atoms with Gasteiger partial charge in [-0.15, -0.1) is 0 Å². The Balaban J connectivity index is 2.18. The Bertz CT molecular complexity index is 547. The number of aryl methyl sites for hydroxylation is 1. The minimum atomic E-state index is 0.414. The molecule has 1 heterocycles. The quantitative estimate of drug-likeness (QED) is 0.873. The average molecular weight is 278 g/mol. The second-order valence-electron chi connectivity index (χ2n) is 4.91. The summed E-state index contributed by atoms with van der Waals surface area (Å²) >= 11 is 6.22. The van der Waals surface area contributed by atoms with Crippen molar-refractivity contribution in [3.8, 4) is 11.3 Å². The Morgan fingerprint density at radius 1 is 1.26 bits per heavy atom. The van der Waals surface area contributed by atoms with Crippen molar-refractivity contribution in [3.05, 3.63) is 46.7 Å². The zero-order valence-corrected chi connectivity index (χ0v) is 12.4. The van der Waals surface area contributed by atoms with Crippen molar-refractivity contribution < 1.29 is 4.42 Å². The molecule has 102 valence electrons. The van der Waals surface area contributed by atoms with Gasteiger partial charge in [0.25, 0.3) is 0 Å². The number of nitrogens with one attached hydrogen (secondary N) is 1. The molecule has 1 aromatic heterocycles. The summed E-state index contributed by atoms with van der Waals surface area (Å²) in [5.41, 5.74) is 2.14. The maximum absolute atomic E-state index is 6.22. The lowest BCUT2D eigenvalue weighted by Gasteiger charge is -2.09. The molecule has 0 saturated carbocycles. The van der Waals surface area contributed by atoms with Crippen molar-refractivity contribution in [2.75, 3.05) is 6.54 Å². The van der Waals surface area contributed by atoms with Crippen molar-refractivity contribution >= 4 is 11.6 Å². The lowest BCUT2D eigenvalue weighted by molar-refractivity contribution is 0.470. The fourth-order valence-corrected chi connectivity index (χ4v) is 2.39. The number of benzene rings is 1. The first kappa shape index (κ1) is 14.2. The Morgan fingerprint density at radius 3 is 2.79 bits per heavy atom. The van der Waals surface area contributed by atoms with Gasteiger partial charge < -0.3 is 9.73 Å². The van der Waals surface area contributed by atoms with Crippen molar-refractivity contribution in [3.63, 3.8) is 0 Å². The monoisotopic (exact) mass is 277 g/mol. The van der Waals surface area contributed by atoms with E-state index >= 15 is 0 Å². The van der Waals surface area contributed by atoms with E-state index < -0.39 is 0 Å². The molecule has 19 heavy (non-hydrogen) atoms. The van der Waals surface area contributed by atoms with E-state index in [-0.39, 0.29) is 0 Å². The van der Waals surface area contributed by atoms with Crippen LogP contribution in [0.3, 0.4) is 0 Å². The highest BCUT2D eigenvalue weighted by molar-refractivity contribution is 6.33. The summed E-state index contributed by atoms with van der Waals surface area (Å²) in [5, 5.41) is 4.11. The highest BCUT2D eigenvalue weighted by atomic mass is 35.5. The highest BCUT2D eigenvalue weighted by Gasteiger charge is 2.10. The molecular formula is C16H20ClNO. The molecule has 0 amide bonds. The van der Waals surface area contributed by atoms with Gasteiger partial charge in [0.05, 0.1) is 5.02 Å². The Hall–Kier alpha value is -1.25. The van der Waals surface area contributed by atoms with Crippen LogP contribution in [0, 0.1) is 6.92 Å². The Morgan fingerprint density at radius 2 is 2.05 bits per heavy atom. The number of hydrogen-bond acceptors (Lipinski definition) is 2. The third-order valence-electron chi connectivity index (χ3n) is 3.11. The van der Waals surface area contributed by atoms with Crippen LogP contribution in [0.4, 0.5) is 0 Å². The molecule has 1 aromatic carbocycles. The first-order chi connectivity index (χ1) is 9.10. The van der Waals surface area contributed by atoms with Gasteiger partial charge in [0.2, 0.25) is 0 Å². The van der Waals surface area contributed by atoms with Crippen LogP contribution in [0.2, 0.25) is 5.02 Å². The van der Waals surface area contributed by atoms with Crippen LogP contribution in [0.1, 0.15) is 25.2 Å². The van der Waals surface area contributed by atoms with Crippen LogP contribution < -0.4 is 5.32 Å².